The van der Waals surface area contributed by atoms with E-state index in [0.717, 1.165) is 36.2 Å². The molecular formula is C19H22ClFN2O3S. The second-order valence-corrected chi connectivity index (χ2v) is 8.61. The summed E-state index contributed by atoms with van der Waals surface area (Å²) in [6.45, 7) is 2.14. The summed E-state index contributed by atoms with van der Waals surface area (Å²) in [5.74, 6) is -1.80. The molecule has 0 bridgehead atoms. The molecule has 0 spiro atoms. The highest BCUT2D eigenvalue weighted by molar-refractivity contribution is 7.91. The SMILES string of the molecule is CC(CS(=O)(=O)c1ccc(F)cc1)C(=O)N1CCCc2c(N)cccc21.Cl. The van der Waals surface area contributed by atoms with Gasteiger partial charge in [0.05, 0.1) is 10.6 Å². The Morgan fingerprint density at radius 1 is 1.22 bits per heavy atom. The summed E-state index contributed by atoms with van der Waals surface area (Å²) in [4.78, 5) is 14.5. The average molecular weight is 413 g/mol. The molecule has 2 N–H and O–H groups in total. The van der Waals surface area contributed by atoms with E-state index in [0.29, 0.717) is 12.2 Å². The van der Waals surface area contributed by atoms with E-state index in [-0.39, 0.29) is 29.0 Å². The Balaban J connectivity index is 0.00000261. The van der Waals surface area contributed by atoms with Gasteiger partial charge in [-0.15, -0.1) is 12.4 Å². The van der Waals surface area contributed by atoms with Gasteiger partial charge in [0.25, 0.3) is 0 Å². The largest absolute Gasteiger partial charge is 0.398 e. The quantitative estimate of drug-likeness (QED) is 0.617. The van der Waals surface area contributed by atoms with Crippen molar-refractivity contribution in [1.29, 1.82) is 0 Å². The molecule has 3 rings (SSSR count). The van der Waals surface area contributed by atoms with Gasteiger partial charge in [0.1, 0.15) is 5.82 Å². The summed E-state index contributed by atoms with van der Waals surface area (Å²) >= 11 is 0. The minimum atomic E-state index is -3.68. The Labute approximate surface area is 164 Å². The van der Waals surface area contributed by atoms with E-state index in [2.05, 4.69) is 0 Å². The van der Waals surface area contributed by atoms with Crippen LogP contribution < -0.4 is 10.6 Å². The van der Waals surface area contributed by atoms with Crippen LogP contribution in [0.4, 0.5) is 15.8 Å². The molecule has 1 aliphatic heterocycles. The second-order valence-electron chi connectivity index (χ2n) is 6.57. The molecule has 5 nitrogen and oxygen atoms in total. The molecule has 1 atom stereocenters. The number of fused-ring (bicyclic) bond motifs is 1. The van der Waals surface area contributed by atoms with Crippen molar-refractivity contribution < 1.29 is 17.6 Å². The topological polar surface area (TPSA) is 80.5 Å². The molecule has 1 amide bonds. The minimum absolute atomic E-state index is 0. The van der Waals surface area contributed by atoms with Crippen LogP contribution in [0.1, 0.15) is 18.9 Å². The first kappa shape index (κ1) is 21.2. The summed E-state index contributed by atoms with van der Waals surface area (Å²) in [5.41, 5.74) is 8.34. The highest BCUT2D eigenvalue weighted by atomic mass is 35.5. The monoisotopic (exact) mass is 412 g/mol. The minimum Gasteiger partial charge on any atom is -0.398 e. The van der Waals surface area contributed by atoms with Gasteiger partial charge in [0.15, 0.2) is 9.84 Å². The molecule has 146 valence electrons. The maximum Gasteiger partial charge on any atom is 0.230 e. The molecule has 27 heavy (non-hydrogen) atoms. The van der Waals surface area contributed by atoms with Crippen molar-refractivity contribution in [2.24, 2.45) is 5.92 Å². The summed E-state index contributed by atoms with van der Waals surface area (Å²) < 4.78 is 38.1. The fourth-order valence-corrected chi connectivity index (χ4v) is 4.83. The highest BCUT2D eigenvalue weighted by Gasteiger charge is 2.30. The van der Waals surface area contributed by atoms with E-state index in [9.17, 15) is 17.6 Å². The molecule has 8 heteroatoms. The molecule has 1 heterocycles. The first-order valence-corrected chi connectivity index (χ1v) is 10.1. The maximum atomic E-state index is 13.0. The van der Waals surface area contributed by atoms with E-state index in [1.54, 1.807) is 24.0 Å². The third kappa shape index (κ3) is 4.42. The third-order valence-electron chi connectivity index (χ3n) is 4.62. The smallest absolute Gasteiger partial charge is 0.230 e. The number of anilines is 2. The van der Waals surface area contributed by atoms with Crippen LogP contribution in [0.5, 0.6) is 0 Å². The summed E-state index contributed by atoms with van der Waals surface area (Å²) in [5, 5.41) is 0. The molecule has 2 aromatic carbocycles. The van der Waals surface area contributed by atoms with Crippen LogP contribution >= 0.6 is 12.4 Å². The van der Waals surface area contributed by atoms with Gasteiger partial charge >= 0.3 is 0 Å². The fourth-order valence-electron chi connectivity index (χ4n) is 3.29. The van der Waals surface area contributed by atoms with Crippen molar-refractivity contribution in [3.63, 3.8) is 0 Å². The predicted molar refractivity (Wildman–Crippen MR) is 106 cm³/mol. The molecule has 0 aromatic heterocycles. The standard InChI is InChI=1S/C19H21FN2O3S.ClH/c1-13(12-26(24,25)15-9-7-14(20)8-10-15)19(23)22-11-3-4-16-17(21)5-2-6-18(16)22;/h2,5-10,13H,3-4,11-12,21H2,1H3;1H. The van der Waals surface area contributed by atoms with Gasteiger partial charge in [-0.2, -0.15) is 0 Å². The highest BCUT2D eigenvalue weighted by Crippen LogP contribution is 2.32. The lowest BCUT2D eigenvalue weighted by atomic mass is 9.98. The molecule has 0 fully saturated rings. The molecule has 2 aromatic rings. The van der Waals surface area contributed by atoms with Gasteiger partial charge in [0.2, 0.25) is 5.91 Å². The Morgan fingerprint density at radius 2 is 1.89 bits per heavy atom. The van der Waals surface area contributed by atoms with Crippen LogP contribution in [0.15, 0.2) is 47.4 Å². The summed E-state index contributed by atoms with van der Waals surface area (Å²) in [6.07, 6.45) is 1.58. The number of halogens is 2. The zero-order valence-corrected chi connectivity index (χ0v) is 16.5. The van der Waals surface area contributed by atoms with Crippen molar-refractivity contribution in [1.82, 2.24) is 0 Å². The Hall–Kier alpha value is -2.12. The summed E-state index contributed by atoms with van der Waals surface area (Å²) in [6, 6.07) is 10.1. The molecule has 0 radical (unpaired) electrons. The van der Waals surface area contributed by atoms with Crippen LogP contribution in [0.25, 0.3) is 0 Å². The van der Waals surface area contributed by atoms with Crippen LogP contribution in [0.3, 0.4) is 0 Å². The number of hydrogen-bond donors (Lipinski definition) is 1. The second kappa shape index (κ2) is 8.27. The van der Waals surface area contributed by atoms with Gasteiger partial charge in [-0.1, -0.05) is 13.0 Å². The summed E-state index contributed by atoms with van der Waals surface area (Å²) in [7, 11) is -3.68. The number of nitrogens with two attached hydrogens (primary N) is 1. The molecular weight excluding hydrogens is 391 g/mol. The zero-order valence-electron chi connectivity index (χ0n) is 14.9. The number of amides is 1. The fraction of sp³-hybridized carbons (Fsp3) is 0.316. The van der Waals surface area contributed by atoms with Gasteiger partial charge in [-0.05, 0) is 54.8 Å². The lowest BCUT2D eigenvalue weighted by Crippen LogP contribution is -2.41. The number of sulfone groups is 1. The van der Waals surface area contributed by atoms with Crippen LogP contribution in [0.2, 0.25) is 0 Å². The van der Waals surface area contributed by atoms with Crippen molar-refractivity contribution in [2.75, 3.05) is 22.9 Å². The Morgan fingerprint density at radius 3 is 2.56 bits per heavy atom. The van der Waals surface area contributed by atoms with Gasteiger partial charge < -0.3 is 10.6 Å². The molecule has 0 aliphatic carbocycles. The van der Waals surface area contributed by atoms with Crippen molar-refractivity contribution in [3.05, 3.63) is 53.8 Å². The van der Waals surface area contributed by atoms with Crippen LogP contribution in [-0.4, -0.2) is 26.6 Å². The van der Waals surface area contributed by atoms with Crippen LogP contribution in [-0.2, 0) is 21.1 Å². The number of rotatable bonds is 4. The predicted octanol–water partition coefficient (Wildman–Crippen LogP) is 3.22. The van der Waals surface area contributed by atoms with E-state index < -0.39 is 21.6 Å². The number of carbonyl (C=O) groups is 1. The first-order chi connectivity index (χ1) is 12.3. The number of benzene rings is 2. The Kier molecular flexibility index (Phi) is 6.49. The number of hydrogen-bond acceptors (Lipinski definition) is 4. The first-order valence-electron chi connectivity index (χ1n) is 8.46. The lowest BCUT2D eigenvalue weighted by Gasteiger charge is -2.32. The lowest BCUT2D eigenvalue weighted by molar-refractivity contribution is -0.121. The molecule has 1 aliphatic rings. The van der Waals surface area contributed by atoms with Gasteiger partial charge in [-0.3, -0.25) is 4.79 Å². The number of nitrogen functional groups attached to an aromatic ring is 1. The maximum absolute atomic E-state index is 13.0. The molecule has 1 unspecified atom stereocenters. The molecule has 0 saturated carbocycles. The van der Waals surface area contributed by atoms with E-state index >= 15 is 0 Å². The van der Waals surface area contributed by atoms with Crippen molar-refractivity contribution >= 4 is 39.5 Å². The van der Waals surface area contributed by atoms with E-state index in [1.807, 2.05) is 6.07 Å². The van der Waals surface area contributed by atoms with E-state index in [1.165, 1.54) is 12.1 Å². The van der Waals surface area contributed by atoms with Gasteiger partial charge in [-0.25, -0.2) is 12.8 Å². The van der Waals surface area contributed by atoms with Crippen LogP contribution in [0, 0.1) is 11.7 Å². The van der Waals surface area contributed by atoms with Crippen molar-refractivity contribution in [3.8, 4) is 0 Å². The number of carbonyl (C=O) groups excluding carboxylic acids is 1. The normalized spacial score (nSPS) is 14.8. The number of nitrogens with zero attached hydrogens (tertiary/aromatic N) is 1. The molecule has 0 saturated heterocycles. The zero-order chi connectivity index (χ0) is 18.9. The van der Waals surface area contributed by atoms with Crippen molar-refractivity contribution in [2.45, 2.75) is 24.7 Å². The third-order valence-corrected chi connectivity index (χ3v) is 6.55. The van der Waals surface area contributed by atoms with E-state index in [4.69, 9.17) is 5.73 Å². The Bertz CT molecular complexity index is 932. The van der Waals surface area contributed by atoms with Gasteiger partial charge in [0, 0.05) is 23.8 Å². The average Bonchev–Trinajstić information content (AvgIpc) is 2.61.